The first-order valence-corrected chi connectivity index (χ1v) is 12.2. The summed E-state index contributed by atoms with van der Waals surface area (Å²) in [5.41, 5.74) is 7.02. The van der Waals surface area contributed by atoms with Gasteiger partial charge in [-0.2, -0.15) is 0 Å². The molecule has 0 saturated carbocycles. The van der Waals surface area contributed by atoms with Crippen LogP contribution in [0.2, 0.25) is 0 Å². The number of sulfonamides is 1. The maximum atomic E-state index is 12.9. The normalized spacial score (nSPS) is 25.9. The molecule has 1 aromatic carbocycles. The number of carbonyl (C=O) groups excluding carboxylic acids is 3. The molecule has 2 fully saturated rings. The predicted octanol–water partition coefficient (Wildman–Crippen LogP) is -0.411. The van der Waals surface area contributed by atoms with Gasteiger partial charge in [0.05, 0.1) is 6.04 Å². The number of amides is 3. The van der Waals surface area contributed by atoms with Gasteiger partial charge in [-0.1, -0.05) is 31.2 Å². The Morgan fingerprint density at radius 3 is 2.44 bits per heavy atom. The molecule has 4 N–H and O–H groups in total. The molecule has 2 aliphatic heterocycles. The Labute approximate surface area is 187 Å². The van der Waals surface area contributed by atoms with Gasteiger partial charge in [0.25, 0.3) is 0 Å². The molecule has 3 amide bonds. The number of primary amides is 1. The monoisotopic (exact) mass is 466 g/mol. The second-order valence-corrected chi connectivity index (χ2v) is 10.3. The van der Waals surface area contributed by atoms with E-state index in [0.29, 0.717) is 19.3 Å². The molecular formula is C21H30N4O6S. The zero-order valence-electron chi connectivity index (χ0n) is 18.2. The molecule has 32 heavy (non-hydrogen) atoms. The van der Waals surface area contributed by atoms with Crippen molar-refractivity contribution in [3.63, 3.8) is 0 Å². The Hall–Kier alpha value is -2.50. The molecule has 3 rings (SSSR count). The fourth-order valence-electron chi connectivity index (χ4n) is 4.11. The van der Waals surface area contributed by atoms with Gasteiger partial charge in [0.2, 0.25) is 27.7 Å². The molecular weight excluding hydrogens is 436 g/mol. The van der Waals surface area contributed by atoms with E-state index in [-0.39, 0.29) is 19.5 Å². The number of rotatable bonds is 8. The van der Waals surface area contributed by atoms with Crippen LogP contribution in [0.4, 0.5) is 0 Å². The SMILES string of the molecule is CCc1ccccc1C(CNC(=O)[C@@H]1CC[C@H](C(N)=O)O1)NC(=O)C1CCN(C)S1(=O)=O. The molecule has 2 unspecified atom stereocenters. The molecule has 10 nitrogen and oxygen atoms in total. The molecule has 2 heterocycles. The molecule has 4 atom stereocenters. The van der Waals surface area contributed by atoms with Crippen molar-refractivity contribution in [2.75, 3.05) is 20.1 Å². The minimum atomic E-state index is -3.70. The summed E-state index contributed by atoms with van der Waals surface area (Å²) < 4.78 is 31.5. The summed E-state index contributed by atoms with van der Waals surface area (Å²) in [5.74, 6) is -1.61. The van der Waals surface area contributed by atoms with Crippen LogP contribution in [0.15, 0.2) is 24.3 Å². The Morgan fingerprint density at radius 2 is 1.84 bits per heavy atom. The number of hydrogen-bond donors (Lipinski definition) is 3. The van der Waals surface area contributed by atoms with Gasteiger partial charge < -0.3 is 21.1 Å². The average Bonchev–Trinajstić information content (AvgIpc) is 3.36. The lowest BCUT2D eigenvalue weighted by atomic mass is 9.98. The predicted molar refractivity (Wildman–Crippen MR) is 117 cm³/mol. The standard InChI is InChI=1S/C21H30N4O6S/c1-3-13-6-4-5-7-14(13)15(24-21(28)18-10-11-25(2)32(18,29)30)12-23-20(27)17-9-8-16(31-17)19(22)26/h4-7,15-18H,3,8-12H2,1-2H3,(H2,22,26)(H,23,27)(H,24,28)/t15?,16-,17+,18?/m1/s1. The van der Waals surface area contributed by atoms with Gasteiger partial charge >= 0.3 is 0 Å². The number of hydrogen-bond acceptors (Lipinski definition) is 6. The number of nitrogens with two attached hydrogens (primary N) is 1. The fraction of sp³-hybridized carbons (Fsp3) is 0.571. The van der Waals surface area contributed by atoms with Crippen molar-refractivity contribution >= 4 is 27.7 Å². The van der Waals surface area contributed by atoms with E-state index in [0.717, 1.165) is 11.1 Å². The molecule has 0 spiro atoms. The van der Waals surface area contributed by atoms with E-state index in [2.05, 4.69) is 10.6 Å². The molecule has 1 aromatic rings. The van der Waals surface area contributed by atoms with Crippen LogP contribution in [-0.4, -0.2) is 68.0 Å². The van der Waals surface area contributed by atoms with Gasteiger partial charge in [0, 0.05) is 20.1 Å². The van der Waals surface area contributed by atoms with Gasteiger partial charge in [0.1, 0.15) is 12.2 Å². The summed E-state index contributed by atoms with van der Waals surface area (Å²) in [5, 5.41) is 4.44. The highest BCUT2D eigenvalue weighted by Crippen LogP contribution is 2.24. The summed E-state index contributed by atoms with van der Waals surface area (Å²) >= 11 is 0. The second kappa shape index (κ2) is 9.97. The number of nitrogens with zero attached hydrogens (tertiary/aromatic N) is 1. The molecule has 0 radical (unpaired) electrons. The molecule has 0 aromatic heterocycles. The van der Waals surface area contributed by atoms with Crippen LogP contribution in [0.25, 0.3) is 0 Å². The minimum Gasteiger partial charge on any atom is -0.367 e. The first-order valence-electron chi connectivity index (χ1n) is 10.7. The Balaban J connectivity index is 1.74. The highest BCUT2D eigenvalue weighted by molar-refractivity contribution is 7.90. The van der Waals surface area contributed by atoms with E-state index < -0.39 is 51.2 Å². The Morgan fingerprint density at radius 1 is 1.16 bits per heavy atom. The fourth-order valence-corrected chi connectivity index (χ4v) is 5.65. The Kier molecular flexibility index (Phi) is 7.52. The lowest BCUT2D eigenvalue weighted by Gasteiger charge is -2.24. The summed E-state index contributed by atoms with van der Waals surface area (Å²) in [6.07, 6.45) is 0.0747. The third kappa shape index (κ3) is 5.11. The van der Waals surface area contributed by atoms with E-state index in [9.17, 15) is 22.8 Å². The van der Waals surface area contributed by atoms with Gasteiger partial charge in [-0.3, -0.25) is 14.4 Å². The lowest BCUT2D eigenvalue weighted by Crippen LogP contribution is -2.46. The summed E-state index contributed by atoms with van der Waals surface area (Å²) in [6, 6.07) is 6.85. The van der Waals surface area contributed by atoms with Crippen LogP contribution in [0.1, 0.15) is 43.4 Å². The number of carbonyl (C=O) groups is 3. The van der Waals surface area contributed by atoms with Crippen molar-refractivity contribution in [2.24, 2.45) is 5.73 Å². The highest BCUT2D eigenvalue weighted by Gasteiger charge is 2.42. The first kappa shape index (κ1) is 24.1. The summed E-state index contributed by atoms with van der Waals surface area (Å²) in [7, 11) is -2.24. The zero-order chi connectivity index (χ0) is 23.5. The van der Waals surface area contributed by atoms with Crippen molar-refractivity contribution in [1.29, 1.82) is 0 Å². The van der Waals surface area contributed by atoms with E-state index in [1.807, 2.05) is 31.2 Å². The molecule has 0 bridgehead atoms. The second-order valence-electron chi connectivity index (χ2n) is 8.10. The van der Waals surface area contributed by atoms with Crippen LogP contribution >= 0.6 is 0 Å². The molecule has 176 valence electrons. The molecule has 11 heteroatoms. The van der Waals surface area contributed by atoms with E-state index >= 15 is 0 Å². The molecule has 2 saturated heterocycles. The number of aryl methyl sites for hydroxylation is 1. The third-order valence-corrected chi connectivity index (χ3v) is 8.25. The lowest BCUT2D eigenvalue weighted by molar-refractivity contribution is -0.137. The number of ether oxygens (including phenoxy) is 1. The van der Waals surface area contributed by atoms with Gasteiger partial charge in [-0.15, -0.1) is 0 Å². The van der Waals surface area contributed by atoms with Crippen LogP contribution in [0.5, 0.6) is 0 Å². The number of benzene rings is 1. The largest absolute Gasteiger partial charge is 0.367 e. The van der Waals surface area contributed by atoms with Crippen molar-refractivity contribution in [3.8, 4) is 0 Å². The van der Waals surface area contributed by atoms with Crippen LogP contribution < -0.4 is 16.4 Å². The Bertz CT molecular complexity index is 982. The van der Waals surface area contributed by atoms with Crippen molar-refractivity contribution in [1.82, 2.24) is 14.9 Å². The topological polar surface area (TPSA) is 148 Å². The molecule has 2 aliphatic rings. The van der Waals surface area contributed by atoms with Crippen LogP contribution in [0.3, 0.4) is 0 Å². The third-order valence-electron chi connectivity index (χ3n) is 6.03. The zero-order valence-corrected chi connectivity index (χ0v) is 19.1. The smallest absolute Gasteiger partial charge is 0.249 e. The van der Waals surface area contributed by atoms with E-state index in [1.54, 1.807) is 0 Å². The van der Waals surface area contributed by atoms with Crippen molar-refractivity contribution < 1.29 is 27.5 Å². The first-order chi connectivity index (χ1) is 15.1. The van der Waals surface area contributed by atoms with Gasteiger partial charge in [0.15, 0.2) is 5.25 Å². The maximum absolute atomic E-state index is 12.9. The highest BCUT2D eigenvalue weighted by atomic mass is 32.2. The van der Waals surface area contributed by atoms with Gasteiger partial charge in [-0.25, -0.2) is 12.7 Å². The van der Waals surface area contributed by atoms with Crippen molar-refractivity contribution in [3.05, 3.63) is 35.4 Å². The van der Waals surface area contributed by atoms with Crippen molar-refractivity contribution in [2.45, 2.75) is 56.1 Å². The quantitative estimate of drug-likeness (QED) is 0.474. The number of nitrogens with one attached hydrogen (secondary N) is 2. The van der Waals surface area contributed by atoms with E-state index in [4.69, 9.17) is 10.5 Å². The maximum Gasteiger partial charge on any atom is 0.249 e. The average molecular weight is 467 g/mol. The molecule has 0 aliphatic carbocycles. The van der Waals surface area contributed by atoms with Crippen LogP contribution in [0, 0.1) is 0 Å². The van der Waals surface area contributed by atoms with Gasteiger partial charge in [-0.05, 0) is 36.8 Å². The minimum absolute atomic E-state index is 0.0469. The summed E-state index contributed by atoms with van der Waals surface area (Å²) in [6.45, 7) is 2.31. The summed E-state index contributed by atoms with van der Waals surface area (Å²) in [4.78, 5) is 36.8. The van der Waals surface area contributed by atoms with E-state index in [1.165, 1.54) is 11.4 Å². The van der Waals surface area contributed by atoms with Crippen LogP contribution in [-0.2, 0) is 35.6 Å².